The monoisotopic (exact) mass is 197 g/mol. The molecule has 1 aromatic rings. The molecule has 0 radical (unpaired) electrons. The molecule has 0 aliphatic carbocycles. The van der Waals surface area contributed by atoms with Gasteiger partial charge in [0.1, 0.15) is 5.69 Å². The maximum atomic E-state index is 11.2. The van der Waals surface area contributed by atoms with Crippen molar-refractivity contribution in [2.75, 3.05) is 14.2 Å². The first-order valence-electron chi connectivity index (χ1n) is 3.96. The molecule has 76 valence electrons. The third kappa shape index (κ3) is 1.76. The largest absolute Gasteiger partial charge is 0.465 e. The number of ether oxygens (including phenoxy) is 2. The van der Waals surface area contributed by atoms with Crippen molar-refractivity contribution in [2.24, 2.45) is 0 Å². The van der Waals surface area contributed by atoms with Crippen LogP contribution >= 0.6 is 0 Å². The van der Waals surface area contributed by atoms with E-state index < -0.39 is 11.9 Å². The molecule has 0 fully saturated rings. The Kier molecular flexibility index (Phi) is 2.91. The summed E-state index contributed by atoms with van der Waals surface area (Å²) in [4.78, 5) is 25.2. The Morgan fingerprint density at radius 1 is 1.21 bits per heavy atom. The fourth-order valence-electron chi connectivity index (χ4n) is 1.12. The van der Waals surface area contributed by atoms with E-state index in [4.69, 9.17) is 0 Å². The number of hydrogen-bond acceptors (Lipinski definition) is 4. The number of hydrogen-bond donors (Lipinski definition) is 1. The van der Waals surface area contributed by atoms with Crippen LogP contribution in [0.4, 0.5) is 0 Å². The van der Waals surface area contributed by atoms with Gasteiger partial charge >= 0.3 is 11.9 Å². The van der Waals surface area contributed by atoms with Crippen molar-refractivity contribution in [1.82, 2.24) is 4.98 Å². The minimum Gasteiger partial charge on any atom is -0.465 e. The summed E-state index contributed by atoms with van der Waals surface area (Å²) < 4.78 is 9.03. The highest BCUT2D eigenvalue weighted by Gasteiger charge is 2.20. The fraction of sp³-hybridized carbons (Fsp3) is 0.333. The summed E-state index contributed by atoms with van der Waals surface area (Å²) in [6.07, 6.45) is 0. The van der Waals surface area contributed by atoms with Gasteiger partial charge in [-0.05, 0) is 13.0 Å². The highest BCUT2D eigenvalue weighted by molar-refractivity contribution is 6.02. The van der Waals surface area contributed by atoms with E-state index in [9.17, 15) is 9.59 Å². The first-order valence-corrected chi connectivity index (χ1v) is 3.96. The number of carbonyl (C=O) groups excluding carboxylic acids is 2. The summed E-state index contributed by atoms with van der Waals surface area (Å²) in [5.74, 6) is -1.15. The lowest BCUT2D eigenvalue weighted by Gasteiger charge is -1.99. The Labute approximate surface area is 81.0 Å². The van der Waals surface area contributed by atoms with E-state index in [0.717, 1.165) is 0 Å². The van der Waals surface area contributed by atoms with Gasteiger partial charge in [0.2, 0.25) is 0 Å². The molecule has 0 aliphatic rings. The summed E-state index contributed by atoms with van der Waals surface area (Å²) in [5.41, 5.74) is 1.01. The Balaban J connectivity index is 3.15. The number of carbonyl (C=O) groups is 2. The van der Waals surface area contributed by atoms with Crippen LogP contribution in [-0.2, 0) is 9.47 Å². The minimum absolute atomic E-state index is 0.122. The second-order valence-electron chi connectivity index (χ2n) is 2.72. The number of esters is 2. The van der Waals surface area contributed by atoms with Gasteiger partial charge in [0.05, 0.1) is 19.8 Å². The Morgan fingerprint density at radius 3 is 2.29 bits per heavy atom. The molecule has 14 heavy (non-hydrogen) atoms. The van der Waals surface area contributed by atoms with E-state index in [0.29, 0.717) is 5.69 Å². The zero-order chi connectivity index (χ0) is 10.7. The lowest BCUT2D eigenvalue weighted by molar-refractivity contribution is 0.0552. The molecule has 0 bridgehead atoms. The van der Waals surface area contributed by atoms with Crippen LogP contribution in [0.5, 0.6) is 0 Å². The van der Waals surface area contributed by atoms with E-state index in [2.05, 4.69) is 14.5 Å². The lowest BCUT2D eigenvalue weighted by atomic mass is 10.2. The maximum absolute atomic E-state index is 11.2. The smallest absolute Gasteiger partial charge is 0.355 e. The molecule has 0 saturated heterocycles. The van der Waals surface area contributed by atoms with Crippen molar-refractivity contribution in [2.45, 2.75) is 6.92 Å². The van der Waals surface area contributed by atoms with E-state index in [-0.39, 0.29) is 11.3 Å². The molecule has 0 aromatic carbocycles. The van der Waals surface area contributed by atoms with Gasteiger partial charge < -0.3 is 14.5 Å². The summed E-state index contributed by atoms with van der Waals surface area (Å²) in [6, 6.07) is 1.54. The van der Waals surface area contributed by atoms with Gasteiger partial charge in [0, 0.05) is 5.69 Å². The third-order valence-electron chi connectivity index (χ3n) is 1.75. The summed E-state index contributed by atoms with van der Waals surface area (Å²) in [5, 5.41) is 0. The molecular formula is C9H11NO4. The molecule has 0 spiro atoms. The van der Waals surface area contributed by atoms with Gasteiger partial charge in [0.25, 0.3) is 0 Å². The van der Waals surface area contributed by atoms with Crippen molar-refractivity contribution in [1.29, 1.82) is 0 Å². The summed E-state index contributed by atoms with van der Waals surface area (Å²) in [7, 11) is 2.51. The van der Waals surface area contributed by atoms with Crippen LogP contribution in [0, 0.1) is 6.92 Å². The average Bonchev–Trinajstić information content (AvgIpc) is 2.58. The number of methoxy groups -OCH3 is 2. The predicted octanol–water partition coefficient (Wildman–Crippen LogP) is 0.896. The van der Waals surface area contributed by atoms with Crippen molar-refractivity contribution < 1.29 is 19.1 Å². The highest BCUT2D eigenvalue weighted by Crippen LogP contribution is 2.12. The SMILES string of the molecule is COC(=O)c1cc(C)[nH]c1C(=O)OC. The molecule has 0 atom stereocenters. The quantitative estimate of drug-likeness (QED) is 0.715. The van der Waals surface area contributed by atoms with Crippen LogP contribution in [0.3, 0.4) is 0 Å². The first kappa shape index (κ1) is 10.3. The number of nitrogens with one attached hydrogen (secondary N) is 1. The summed E-state index contributed by atoms with van der Waals surface area (Å²) in [6.45, 7) is 1.74. The van der Waals surface area contributed by atoms with Gasteiger partial charge in [-0.1, -0.05) is 0 Å². The average molecular weight is 197 g/mol. The molecule has 0 amide bonds. The molecule has 5 heteroatoms. The Bertz CT molecular complexity index is 333. The van der Waals surface area contributed by atoms with Gasteiger partial charge in [-0.15, -0.1) is 0 Å². The van der Waals surface area contributed by atoms with Crippen LogP contribution in [0.2, 0.25) is 0 Å². The van der Waals surface area contributed by atoms with Crippen molar-refractivity contribution in [3.63, 3.8) is 0 Å². The van der Waals surface area contributed by atoms with Crippen molar-refractivity contribution in [3.05, 3.63) is 23.0 Å². The van der Waals surface area contributed by atoms with Crippen LogP contribution in [0.1, 0.15) is 26.5 Å². The van der Waals surface area contributed by atoms with Gasteiger partial charge in [-0.3, -0.25) is 0 Å². The molecule has 0 saturated carbocycles. The van der Waals surface area contributed by atoms with Gasteiger partial charge in [-0.2, -0.15) is 0 Å². The second kappa shape index (κ2) is 3.95. The van der Waals surface area contributed by atoms with Crippen molar-refractivity contribution in [3.8, 4) is 0 Å². The molecular weight excluding hydrogens is 186 g/mol. The zero-order valence-corrected chi connectivity index (χ0v) is 8.21. The number of aryl methyl sites for hydroxylation is 1. The molecule has 1 N–H and O–H groups in total. The normalized spacial score (nSPS) is 9.64. The molecule has 0 aliphatic heterocycles. The standard InChI is InChI=1S/C9H11NO4/c1-5-4-6(8(11)13-2)7(10-5)9(12)14-3/h4,10H,1-3H3. The Morgan fingerprint density at radius 2 is 1.79 bits per heavy atom. The summed E-state index contributed by atoms with van der Waals surface area (Å²) >= 11 is 0. The van der Waals surface area contributed by atoms with E-state index >= 15 is 0 Å². The van der Waals surface area contributed by atoms with E-state index in [1.165, 1.54) is 20.3 Å². The number of H-pyrrole nitrogens is 1. The molecule has 1 aromatic heterocycles. The van der Waals surface area contributed by atoms with Gasteiger partial charge in [-0.25, -0.2) is 9.59 Å². The second-order valence-corrected chi connectivity index (χ2v) is 2.72. The highest BCUT2D eigenvalue weighted by atomic mass is 16.5. The minimum atomic E-state index is -0.585. The maximum Gasteiger partial charge on any atom is 0.355 e. The van der Waals surface area contributed by atoms with Crippen LogP contribution in [-0.4, -0.2) is 31.1 Å². The fourth-order valence-corrected chi connectivity index (χ4v) is 1.12. The van der Waals surface area contributed by atoms with Gasteiger partial charge in [0.15, 0.2) is 0 Å². The first-order chi connectivity index (χ1) is 6.60. The molecule has 5 nitrogen and oxygen atoms in total. The van der Waals surface area contributed by atoms with Crippen LogP contribution in [0.15, 0.2) is 6.07 Å². The molecule has 1 rings (SSSR count). The number of aromatic nitrogens is 1. The van der Waals surface area contributed by atoms with Crippen LogP contribution < -0.4 is 0 Å². The number of rotatable bonds is 2. The zero-order valence-electron chi connectivity index (χ0n) is 8.21. The van der Waals surface area contributed by atoms with E-state index in [1.54, 1.807) is 6.92 Å². The van der Waals surface area contributed by atoms with Crippen molar-refractivity contribution >= 4 is 11.9 Å². The molecule has 0 unspecified atom stereocenters. The Hall–Kier alpha value is -1.78. The van der Waals surface area contributed by atoms with Crippen LogP contribution in [0.25, 0.3) is 0 Å². The third-order valence-corrected chi connectivity index (χ3v) is 1.75. The van der Waals surface area contributed by atoms with E-state index in [1.807, 2.05) is 0 Å². The number of aromatic amines is 1. The lowest BCUT2D eigenvalue weighted by Crippen LogP contribution is -2.10. The predicted molar refractivity (Wildman–Crippen MR) is 48.2 cm³/mol. The topological polar surface area (TPSA) is 68.4 Å². The molecule has 1 heterocycles.